The van der Waals surface area contributed by atoms with Gasteiger partial charge in [0.1, 0.15) is 0 Å². The number of amides is 3. The molecule has 0 saturated carbocycles. The first kappa shape index (κ1) is 17.6. The number of urea groups is 1. The number of nitrogens with one attached hydrogen (secondary N) is 1. The van der Waals surface area contributed by atoms with Crippen LogP contribution in [0.2, 0.25) is 5.02 Å². The smallest absolute Gasteiger partial charge is 0.321 e. The van der Waals surface area contributed by atoms with E-state index < -0.39 is 5.54 Å². The number of benzene rings is 1. The summed E-state index contributed by atoms with van der Waals surface area (Å²) in [5, 5.41) is 3.54. The average molecular weight is 339 g/mol. The second-order valence-electron chi connectivity index (χ2n) is 6.29. The van der Waals surface area contributed by atoms with Crippen LogP contribution in [0.5, 0.6) is 0 Å². The zero-order chi connectivity index (χ0) is 17.2. The molecule has 0 radical (unpaired) electrons. The summed E-state index contributed by atoms with van der Waals surface area (Å²) in [5.41, 5.74) is 6.41. The Balaban J connectivity index is 1.95. The Kier molecular flexibility index (Phi) is 5.16. The van der Waals surface area contributed by atoms with Crippen LogP contribution in [-0.4, -0.2) is 53.5 Å². The van der Waals surface area contributed by atoms with Crippen LogP contribution in [0.15, 0.2) is 18.2 Å². The molecule has 1 aromatic rings. The molecule has 0 atom stereocenters. The maximum atomic E-state index is 12.4. The van der Waals surface area contributed by atoms with E-state index in [4.69, 9.17) is 17.3 Å². The minimum absolute atomic E-state index is 0.146. The van der Waals surface area contributed by atoms with Crippen molar-refractivity contribution >= 4 is 29.2 Å². The van der Waals surface area contributed by atoms with Gasteiger partial charge in [0.2, 0.25) is 5.91 Å². The molecule has 0 spiro atoms. The quantitative estimate of drug-likeness (QED) is 0.885. The van der Waals surface area contributed by atoms with Crippen molar-refractivity contribution < 1.29 is 9.59 Å². The average Bonchev–Trinajstić information content (AvgIpc) is 2.50. The van der Waals surface area contributed by atoms with E-state index in [1.165, 1.54) is 0 Å². The zero-order valence-corrected chi connectivity index (χ0v) is 14.5. The first-order valence-corrected chi connectivity index (χ1v) is 7.96. The van der Waals surface area contributed by atoms with Gasteiger partial charge in [-0.3, -0.25) is 9.69 Å². The fourth-order valence-electron chi connectivity index (χ4n) is 2.59. The number of carbonyl (C=O) groups is 2. The number of nitrogens with zero attached hydrogens (tertiary/aromatic N) is 2. The van der Waals surface area contributed by atoms with Gasteiger partial charge in [0.05, 0.1) is 5.54 Å². The molecule has 7 heteroatoms. The van der Waals surface area contributed by atoms with E-state index in [1.54, 1.807) is 17.0 Å². The number of primary amides is 1. The molecule has 23 heavy (non-hydrogen) atoms. The summed E-state index contributed by atoms with van der Waals surface area (Å²) in [6.07, 6.45) is 0. The van der Waals surface area contributed by atoms with E-state index >= 15 is 0 Å². The number of aryl methyl sites for hydroxylation is 1. The van der Waals surface area contributed by atoms with Crippen LogP contribution in [-0.2, 0) is 4.79 Å². The summed E-state index contributed by atoms with van der Waals surface area (Å²) in [6.45, 7) is 7.84. The topological polar surface area (TPSA) is 78.7 Å². The predicted octanol–water partition coefficient (Wildman–Crippen LogP) is 2.06. The number of anilines is 1. The summed E-state index contributed by atoms with van der Waals surface area (Å²) >= 11 is 5.92. The largest absolute Gasteiger partial charge is 0.368 e. The van der Waals surface area contributed by atoms with Gasteiger partial charge in [-0.2, -0.15) is 0 Å². The molecule has 1 aliphatic heterocycles. The third kappa shape index (κ3) is 3.95. The van der Waals surface area contributed by atoms with Crippen molar-refractivity contribution in [1.29, 1.82) is 0 Å². The number of nitrogens with two attached hydrogens (primary N) is 1. The van der Waals surface area contributed by atoms with Gasteiger partial charge >= 0.3 is 6.03 Å². The molecule has 3 amide bonds. The molecule has 1 aromatic carbocycles. The van der Waals surface area contributed by atoms with Gasteiger partial charge < -0.3 is 16.0 Å². The molecule has 3 N–H and O–H groups in total. The van der Waals surface area contributed by atoms with Crippen LogP contribution in [0, 0.1) is 6.92 Å². The lowest BCUT2D eigenvalue weighted by molar-refractivity contribution is -0.129. The Labute approximate surface area is 141 Å². The van der Waals surface area contributed by atoms with E-state index in [-0.39, 0.29) is 11.9 Å². The van der Waals surface area contributed by atoms with Gasteiger partial charge in [-0.25, -0.2) is 4.79 Å². The fraction of sp³-hybridized carbons (Fsp3) is 0.500. The maximum absolute atomic E-state index is 12.4. The number of hydrogen-bond acceptors (Lipinski definition) is 3. The van der Waals surface area contributed by atoms with E-state index in [0.717, 1.165) is 11.3 Å². The molecular formula is C16H23ClN4O2. The summed E-state index contributed by atoms with van der Waals surface area (Å²) in [6, 6.07) is 5.20. The zero-order valence-electron chi connectivity index (χ0n) is 13.7. The highest BCUT2D eigenvalue weighted by Crippen LogP contribution is 2.21. The molecule has 1 aliphatic rings. The summed E-state index contributed by atoms with van der Waals surface area (Å²) < 4.78 is 0. The van der Waals surface area contributed by atoms with Crippen molar-refractivity contribution in [3.8, 4) is 0 Å². The van der Waals surface area contributed by atoms with Gasteiger partial charge in [-0.1, -0.05) is 11.6 Å². The highest BCUT2D eigenvalue weighted by molar-refractivity contribution is 6.30. The number of carbonyl (C=O) groups excluding carboxylic acids is 2. The third-order valence-corrected chi connectivity index (χ3v) is 4.63. The van der Waals surface area contributed by atoms with Gasteiger partial charge in [0.25, 0.3) is 0 Å². The number of piperazine rings is 1. The van der Waals surface area contributed by atoms with Gasteiger partial charge in [0.15, 0.2) is 0 Å². The standard InChI is InChI=1S/C16H23ClN4O2/c1-11-10-12(17)4-5-13(11)19-15(23)20-6-8-21(9-7-20)16(2,3)14(18)22/h4-5,10H,6-9H2,1-3H3,(H2,18,22)(H,19,23). The number of rotatable bonds is 3. The van der Waals surface area contributed by atoms with Crippen LogP contribution in [0.4, 0.5) is 10.5 Å². The molecule has 0 aliphatic carbocycles. The summed E-state index contributed by atoms with van der Waals surface area (Å²) in [5.74, 6) is -0.354. The van der Waals surface area contributed by atoms with E-state index in [9.17, 15) is 9.59 Å². The number of hydrogen-bond donors (Lipinski definition) is 2. The third-order valence-electron chi connectivity index (χ3n) is 4.39. The molecule has 6 nitrogen and oxygen atoms in total. The maximum Gasteiger partial charge on any atom is 0.321 e. The minimum atomic E-state index is -0.699. The molecule has 0 bridgehead atoms. The van der Waals surface area contributed by atoms with Crippen molar-refractivity contribution in [2.45, 2.75) is 26.3 Å². The van der Waals surface area contributed by atoms with Crippen LogP contribution < -0.4 is 11.1 Å². The second-order valence-corrected chi connectivity index (χ2v) is 6.72. The molecule has 1 fully saturated rings. The summed E-state index contributed by atoms with van der Waals surface area (Å²) in [4.78, 5) is 27.6. The Morgan fingerprint density at radius 3 is 2.35 bits per heavy atom. The van der Waals surface area contributed by atoms with Gasteiger partial charge in [0, 0.05) is 36.9 Å². The van der Waals surface area contributed by atoms with Crippen molar-refractivity contribution in [2.75, 3.05) is 31.5 Å². The first-order chi connectivity index (χ1) is 10.7. The molecule has 0 aromatic heterocycles. The lowest BCUT2D eigenvalue weighted by Crippen LogP contribution is -2.60. The summed E-state index contributed by atoms with van der Waals surface area (Å²) in [7, 11) is 0. The Morgan fingerprint density at radius 1 is 1.22 bits per heavy atom. The van der Waals surface area contributed by atoms with Crippen LogP contribution in [0.1, 0.15) is 19.4 Å². The van der Waals surface area contributed by atoms with Crippen LogP contribution >= 0.6 is 11.6 Å². The molecule has 126 valence electrons. The van der Waals surface area contributed by atoms with E-state index in [0.29, 0.717) is 31.2 Å². The Morgan fingerprint density at radius 2 is 1.83 bits per heavy atom. The van der Waals surface area contributed by atoms with Crippen molar-refractivity contribution in [3.63, 3.8) is 0 Å². The van der Waals surface area contributed by atoms with Gasteiger partial charge in [-0.15, -0.1) is 0 Å². The van der Waals surface area contributed by atoms with Crippen molar-refractivity contribution in [3.05, 3.63) is 28.8 Å². The Hall–Kier alpha value is -1.79. The molecule has 2 rings (SSSR count). The predicted molar refractivity (Wildman–Crippen MR) is 91.6 cm³/mol. The minimum Gasteiger partial charge on any atom is -0.368 e. The Bertz CT molecular complexity index is 610. The molecule has 0 unspecified atom stereocenters. The van der Waals surface area contributed by atoms with E-state index in [2.05, 4.69) is 5.32 Å². The van der Waals surface area contributed by atoms with E-state index in [1.807, 2.05) is 31.7 Å². The second kappa shape index (κ2) is 6.76. The van der Waals surface area contributed by atoms with Crippen LogP contribution in [0.25, 0.3) is 0 Å². The SMILES string of the molecule is Cc1cc(Cl)ccc1NC(=O)N1CCN(C(C)(C)C(N)=O)CC1. The molecule has 1 heterocycles. The van der Waals surface area contributed by atoms with Crippen LogP contribution in [0.3, 0.4) is 0 Å². The van der Waals surface area contributed by atoms with Crippen molar-refractivity contribution in [1.82, 2.24) is 9.80 Å². The fourth-order valence-corrected chi connectivity index (χ4v) is 2.81. The highest BCUT2D eigenvalue weighted by Gasteiger charge is 2.35. The lowest BCUT2D eigenvalue weighted by atomic mass is 10.0. The molecule has 1 saturated heterocycles. The normalized spacial score (nSPS) is 16.3. The number of halogens is 1. The first-order valence-electron chi connectivity index (χ1n) is 7.59. The highest BCUT2D eigenvalue weighted by atomic mass is 35.5. The van der Waals surface area contributed by atoms with Gasteiger partial charge in [-0.05, 0) is 44.5 Å². The van der Waals surface area contributed by atoms with Crippen molar-refractivity contribution in [2.24, 2.45) is 5.73 Å². The monoisotopic (exact) mass is 338 g/mol. The lowest BCUT2D eigenvalue weighted by Gasteiger charge is -2.42. The molecular weight excluding hydrogens is 316 g/mol.